The molecular weight excluding hydrogens is 187 g/mol. The van der Waals surface area contributed by atoms with E-state index in [0.29, 0.717) is 0 Å². The van der Waals surface area contributed by atoms with E-state index < -0.39 is 24.3 Å². The van der Waals surface area contributed by atoms with Crippen LogP contribution in [0.25, 0.3) is 0 Å². The molecule has 74 valence electrons. The van der Waals surface area contributed by atoms with Crippen LogP contribution < -0.4 is 0 Å². The van der Waals surface area contributed by atoms with Gasteiger partial charge in [-0.1, -0.05) is 30.3 Å². The molecular formula is C10H9FO3. The van der Waals surface area contributed by atoms with Crippen LogP contribution in [0.4, 0.5) is 4.39 Å². The molecule has 0 fully saturated rings. The van der Waals surface area contributed by atoms with Crippen molar-refractivity contribution in [1.82, 2.24) is 0 Å². The van der Waals surface area contributed by atoms with Crippen molar-refractivity contribution < 1.29 is 19.1 Å². The van der Waals surface area contributed by atoms with Crippen LogP contribution in [0.2, 0.25) is 0 Å². The van der Waals surface area contributed by atoms with Gasteiger partial charge in [0.2, 0.25) is 0 Å². The molecule has 1 atom stereocenters. The van der Waals surface area contributed by atoms with Gasteiger partial charge in [0.25, 0.3) is 0 Å². The molecule has 3 nitrogen and oxygen atoms in total. The zero-order chi connectivity index (χ0) is 10.6. The first-order valence-corrected chi connectivity index (χ1v) is 4.06. The number of carboxylic acid groups (broad SMARTS) is 1. The number of carbonyl (C=O) groups is 2. The summed E-state index contributed by atoms with van der Waals surface area (Å²) in [5, 5.41) is 8.29. The maximum atomic E-state index is 13.0. The van der Waals surface area contributed by atoms with Gasteiger partial charge >= 0.3 is 5.97 Å². The van der Waals surface area contributed by atoms with Crippen molar-refractivity contribution in [1.29, 1.82) is 0 Å². The Labute approximate surface area is 80.2 Å². The van der Waals surface area contributed by atoms with Crippen LogP contribution in [-0.2, 0) is 4.79 Å². The fraction of sp³-hybridized carbons (Fsp3) is 0.200. The first-order chi connectivity index (χ1) is 6.61. The van der Waals surface area contributed by atoms with E-state index in [9.17, 15) is 14.0 Å². The lowest BCUT2D eigenvalue weighted by molar-refractivity contribution is -0.137. The molecule has 1 N–H and O–H groups in total. The molecule has 0 saturated carbocycles. The molecule has 4 heteroatoms. The molecule has 1 aromatic carbocycles. The Kier molecular flexibility index (Phi) is 3.34. The van der Waals surface area contributed by atoms with Crippen LogP contribution in [0.1, 0.15) is 16.8 Å². The lowest BCUT2D eigenvalue weighted by Gasteiger charge is -2.03. The molecule has 0 spiro atoms. The fourth-order valence-electron chi connectivity index (χ4n) is 1.03. The Morgan fingerprint density at radius 3 is 2.36 bits per heavy atom. The fourth-order valence-corrected chi connectivity index (χ4v) is 1.03. The maximum absolute atomic E-state index is 13.0. The minimum absolute atomic E-state index is 0.196. The number of hydrogen-bond acceptors (Lipinski definition) is 2. The average molecular weight is 196 g/mol. The molecule has 14 heavy (non-hydrogen) atoms. The molecule has 0 saturated heterocycles. The summed E-state index contributed by atoms with van der Waals surface area (Å²) in [7, 11) is 0. The van der Waals surface area contributed by atoms with E-state index in [2.05, 4.69) is 0 Å². The summed E-state index contributed by atoms with van der Waals surface area (Å²) in [6, 6.07) is 7.80. The molecule has 1 aromatic rings. The van der Waals surface area contributed by atoms with E-state index >= 15 is 0 Å². The van der Waals surface area contributed by atoms with E-state index in [1.54, 1.807) is 18.2 Å². The number of aliphatic carboxylic acids is 1. The van der Waals surface area contributed by atoms with Crippen molar-refractivity contribution in [2.75, 3.05) is 0 Å². The molecule has 1 unspecified atom stereocenters. The highest BCUT2D eigenvalue weighted by Gasteiger charge is 2.21. The number of alkyl halides is 1. The Morgan fingerprint density at radius 1 is 1.29 bits per heavy atom. The van der Waals surface area contributed by atoms with E-state index in [4.69, 9.17) is 5.11 Å². The van der Waals surface area contributed by atoms with E-state index in [1.165, 1.54) is 12.1 Å². The number of hydrogen-bond donors (Lipinski definition) is 1. The standard InChI is InChI=1S/C10H9FO3/c11-8(6-9(12)13)10(14)7-4-2-1-3-5-7/h1-5,8H,6H2,(H,12,13). The monoisotopic (exact) mass is 196 g/mol. The van der Waals surface area contributed by atoms with E-state index in [-0.39, 0.29) is 5.56 Å². The van der Waals surface area contributed by atoms with Gasteiger partial charge in [0, 0.05) is 5.56 Å². The number of Topliss-reactive ketones (excluding diaryl/α,β-unsaturated/α-hetero) is 1. The van der Waals surface area contributed by atoms with Crippen LogP contribution >= 0.6 is 0 Å². The van der Waals surface area contributed by atoms with Gasteiger partial charge in [0.05, 0.1) is 6.42 Å². The summed E-state index contributed by atoms with van der Waals surface area (Å²) in [6.07, 6.45) is -2.75. The van der Waals surface area contributed by atoms with Gasteiger partial charge < -0.3 is 5.11 Å². The topological polar surface area (TPSA) is 54.4 Å². The molecule has 0 aromatic heterocycles. The number of carbonyl (C=O) groups excluding carboxylic acids is 1. The Morgan fingerprint density at radius 2 is 1.86 bits per heavy atom. The average Bonchev–Trinajstić information content (AvgIpc) is 2.17. The lowest BCUT2D eigenvalue weighted by atomic mass is 10.1. The van der Waals surface area contributed by atoms with Gasteiger partial charge in [0.1, 0.15) is 0 Å². The Hall–Kier alpha value is -1.71. The number of halogens is 1. The number of carboxylic acids is 1. The normalized spacial score (nSPS) is 12.1. The third-order valence-corrected chi connectivity index (χ3v) is 1.70. The van der Waals surface area contributed by atoms with Crippen molar-refractivity contribution in [2.45, 2.75) is 12.6 Å². The summed E-state index contributed by atoms with van der Waals surface area (Å²) in [5.74, 6) is -2.10. The zero-order valence-corrected chi connectivity index (χ0v) is 7.31. The van der Waals surface area contributed by atoms with Gasteiger partial charge in [0.15, 0.2) is 12.0 Å². The Balaban J connectivity index is 2.71. The summed E-state index contributed by atoms with van der Waals surface area (Å²) >= 11 is 0. The molecule has 1 rings (SSSR count). The number of ketones is 1. The maximum Gasteiger partial charge on any atom is 0.306 e. The van der Waals surface area contributed by atoms with Gasteiger partial charge in [-0.2, -0.15) is 0 Å². The minimum Gasteiger partial charge on any atom is -0.481 e. The molecule has 0 aliphatic carbocycles. The highest BCUT2D eigenvalue weighted by atomic mass is 19.1. The predicted molar refractivity (Wildman–Crippen MR) is 47.9 cm³/mol. The second-order valence-electron chi connectivity index (χ2n) is 2.80. The molecule has 0 aliphatic rings. The summed E-state index contributed by atoms with van der Waals surface area (Å²) in [5.41, 5.74) is 0.196. The van der Waals surface area contributed by atoms with Gasteiger partial charge in [-0.05, 0) is 0 Å². The van der Waals surface area contributed by atoms with E-state index in [0.717, 1.165) is 0 Å². The van der Waals surface area contributed by atoms with Crippen molar-refractivity contribution in [3.63, 3.8) is 0 Å². The second kappa shape index (κ2) is 4.50. The highest BCUT2D eigenvalue weighted by Crippen LogP contribution is 2.08. The number of benzene rings is 1. The third kappa shape index (κ3) is 2.65. The summed E-state index contributed by atoms with van der Waals surface area (Å²) in [6.45, 7) is 0. The quantitative estimate of drug-likeness (QED) is 0.745. The van der Waals surface area contributed by atoms with Gasteiger partial charge in [-0.3, -0.25) is 9.59 Å². The molecule has 0 amide bonds. The zero-order valence-electron chi connectivity index (χ0n) is 7.31. The van der Waals surface area contributed by atoms with Crippen LogP contribution in [-0.4, -0.2) is 23.0 Å². The first-order valence-electron chi connectivity index (χ1n) is 4.06. The minimum atomic E-state index is -1.96. The van der Waals surface area contributed by atoms with Crippen molar-refractivity contribution in [3.8, 4) is 0 Å². The van der Waals surface area contributed by atoms with E-state index in [1.807, 2.05) is 0 Å². The largest absolute Gasteiger partial charge is 0.481 e. The smallest absolute Gasteiger partial charge is 0.306 e. The molecule has 0 bridgehead atoms. The van der Waals surface area contributed by atoms with Crippen LogP contribution in [0.3, 0.4) is 0 Å². The van der Waals surface area contributed by atoms with Crippen molar-refractivity contribution >= 4 is 11.8 Å². The van der Waals surface area contributed by atoms with Crippen LogP contribution in [0, 0.1) is 0 Å². The molecule has 0 heterocycles. The lowest BCUT2D eigenvalue weighted by Crippen LogP contribution is -2.19. The van der Waals surface area contributed by atoms with Crippen molar-refractivity contribution in [2.24, 2.45) is 0 Å². The first kappa shape index (κ1) is 10.4. The highest BCUT2D eigenvalue weighted by molar-refractivity contribution is 6.00. The molecule has 0 radical (unpaired) electrons. The number of rotatable bonds is 4. The van der Waals surface area contributed by atoms with Crippen molar-refractivity contribution in [3.05, 3.63) is 35.9 Å². The summed E-state index contributed by atoms with van der Waals surface area (Å²) < 4.78 is 13.0. The SMILES string of the molecule is O=C(O)CC(F)C(=O)c1ccccc1. The van der Waals surface area contributed by atoms with Gasteiger partial charge in [-0.25, -0.2) is 4.39 Å². The predicted octanol–water partition coefficient (Wildman–Crippen LogP) is 1.68. The summed E-state index contributed by atoms with van der Waals surface area (Å²) in [4.78, 5) is 21.4. The Bertz CT molecular complexity index is 334. The molecule has 0 aliphatic heterocycles. The van der Waals surface area contributed by atoms with Gasteiger partial charge in [-0.15, -0.1) is 0 Å². The van der Waals surface area contributed by atoms with Crippen LogP contribution in [0.15, 0.2) is 30.3 Å². The second-order valence-corrected chi connectivity index (χ2v) is 2.80. The van der Waals surface area contributed by atoms with Crippen LogP contribution in [0.5, 0.6) is 0 Å². The third-order valence-electron chi connectivity index (χ3n) is 1.70.